The van der Waals surface area contributed by atoms with Crippen molar-refractivity contribution in [2.45, 2.75) is 18.7 Å². The monoisotopic (exact) mass is 562 g/mol. The van der Waals surface area contributed by atoms with E-state index in [1.807, 2.05) is 0 Å². The summed E-state index contributed by atoms with van der Waals surface area (Å²) < 4.78 is 55.9. The number of carbonyl (C=O) groups is 2. The highest BCUT2D eigenvalue weighted by molar-refractivity contribution is 7.21. The first-order valence-corrected chi connectivity index (χ1v) is 12.0. The summed E-state index contributed by atoms with van der Waals surface area (Å²) >= 11 is 5.95. The number of hydrogen-bond donors (Lipinski definition) is 2. The van der Waals surface area contributed by atoms with E-state index in [1.165, 1.54) is 13.0 Å². The molecule has 2 amide bonds. The quantitative estimate of drug-likeness (QED) is 0.198. The zero-order valence-corrected chi connectivity index (χ0v) is 20.7. The van der Waals surface area contributed by atoms with Gasteiger partial charge in [-0.2, -0.15) is 13.9 Å². The van der Waals surface area contributed by atoms with Gasteiger partial charge in [0.25, 0.3) is 18.2 Å². The lowest BCUT2D eigenvalue weighted by molar-refractivity contribution is 0.0867. The number of aromatic nitrogens is 4. The SMILES string of the molecule is Cc1cc(C(F)(F)Cl)n2nc(C(=O)Nc3c(C(N)=O)sc4nc(C(F)F)cc(-c5ccccc5)c34)cc2n1. The van der Waals surface area contributed by atoms with Gasteiger partial charge in [-0.05, 0) is 41.8 Å². The van der Waals surface area contributed by atoms with Crippen LogP contribution >= 0.6 is 22.9 Å². The summed E-state index contributed by atoms with van der Waals surface area (Å²) in [7, 11) is 0. The summed E-state index contributed by atoms with van der Waals surface area (Å²) in [6.45, 7) is 1.47. The van der Waals surface area contributed by atoms with Gasteiger partial charge in [-0.25, -0.2) is 23.3 Å². The first kappa shape index (κ1) is 25.5. The maximum absolute atomic E-state index is 14.0. The average molecular weight is 563 g/mol. The molecule has 5 rings (SSSR count). The molecule has 0 aliphatic heterocycles. The van der Waals surface area contributed by atoms with Gasteiger partial charge in [-0.15, -0.1) is 11.3 Å². The normalized spacial score (nSPS) is 12.0. The number of rotatable bonds is 6. The molecule has 38 heavy (non-hydrogen) atoms. The Bertz CT molecular complexity index is 1730. The van der Waals surface area contributed by atoms with Crippen molar-refractivity contribution < 1.29 is 27.2 Å². The van der Waals surface area contributed by atoms with Crippen LogP contribution in [0.3, 0.4) is 0 Å². The summed E-state index contributed by atoms with van der Waals surface area (Å²) in [4.78, 5) is 33.5. The number of benzene rings is 1. The third kappa shape index (κ3) is 4.54. The number of amides is 2. The van der Waals surface area contributed by atoms with Crippen molar-refractivity contribution in [1.82, 2.24) is 19.6 Å². The van der Waals surface area contributed by atoms with Crippen molar-refractivity contribution in [2.24, 2.45) is 5.73 Å². The molecule has 4 heterocycles. The number of thiophene rings is 1. The topological polar surface area (TPSA) is 115 Å². The number of anilines is 1. The predicted octanol–water partition coefficient (Wildman–Crippen LogP) is 5.89. The number of primary amides is 1. The number of halogens is 5. The summed E-state index contributed by atoms with van der Waals surface area (Å²) in [5.74, 6) is -1.83. The lowest BCUT2D eigenvalue weighted by atomic mass is 10.0. The van der Waals surface area contributed by atoms with Crippen molar-refractivity contribution in [3.63, 3.8) is 0 Å². The molecule has 0 bridgehead atoms. The number of pyridine rings is 1. The molecule has 5 aromatic rings. The first-order chi connectivity index (χ1) is 17.9. The average Bonchev–Trinajstić information content (AvgIpc) is 3.44. The zero-order valence-electron chi connectivity index (χ0n) is 19.2. The Hall–Kier alpha value is -4.10. The highest BCUT2D eigenvalue weighted by atomic mass is 35.5. The summed E-state index contributed by atoms with van der Waals surface area (Å²) in [6, 6.07) is 11.8. The van der Waals surface area contributed by atoms with Crippen LogP contribution in [-0.2, 0) is 5.38 Å². The minimum absolute atomic E-state index is 0.0436. The Morgan fingerprint density at radius 3 is 2.47 bits per heavy atom. The Labute approximate surface area is 220 Å². The molecule has 8 nitrogen and oxygen atoms in total. The minimum atomic E-state index is -3.80. The fourth-order valence-electron chi connectivity index (χ4n) is 3.96. The van der Waals surface area contributed by atoms with Crippen molar-refractivity contribution >= 4 is 56.3 Å². The standard InChI is InChI=1S/C24H15ClF4N6O2S/c1-10-7-15(24(25,28)29)35-16(31-10)9-14(34-35)22(37)33-18-17-12(11-5-3-2-4-6-11)8-13(20(26)27)32-23(17)38-19(18)21(30)36/h2-9,20H,1H3,(H2,30,36)(H,33,37). The van der Waals surface area contributed by atoms with E-state index < -0.39 is 35.0 Å². The van der Waals surface area contributed by atoms with E-state index in [0.717, 1.165) is 28.0 Å². The van der Waals surface area contributed by atoms with Crippen LogP contribution in [0.15, 0.2) is 48.5 Å². The lowest BCUT2D eigenvalue weighted by Crippen LogP contribution is -2.18. The van der Waals surface area contributed by atoms with E-state index in [0.29, 0.717) is 5.56 Å². The van der Waals surface area contributed by atoms with Crippen LogP contribution in [0.25, 0.3) is 27.0 Å². The molecule has 194 valence electrons. The van der Waals surface area contributed by atoms with Crippen LogP contribution in [0, 0.1) is 6.92 Å². The van der Waals surface area contributed by atoms with Crippen molar-refractivity contribution in [3.05, 3.63) is 76.2 Å². The number of fused-ring (bicyclic) bond motifs is 2. The molecular formula is C24H15ClF4N6O2S. The fraction of sp³-hybridized carbons (Fsp3) is 0.125. The van der Waals surface area contributed by atoms with Gasteiger partial charge in [0.1, 0.15) is 21.1 Å². The Balaban J connectivity index is 1.68. The molecule has 0 atom stereocenters. The van der Waals surface area contributed by atoms with Crippen LogP contribution in [0.4, 0.5) is 23.2 Å². The minimum Gasteiger partial charge on any atom is -0.365 e. The van der Waals surface area contributed by atoms with Crippen LogP contribution in [0.1, 0.15) is 43.7 Å². The molecule has 0 saturated carbocycles. The van der Waals surface area contributed by atoms with Crippen molar-refractivity contribution in [1.29, 1.82) is 0 Å². The van der Waals surface area contributed by atoms with Crippen LogP contribution in [0.2, 0.25) is 0 Å². The van der Waals surface area contributed by atoms with E-state index >= 15 is 0 Å². The molecule has 0 unspecified atom stereocenters. The van der Waals surface area contributed by atoms with Crippen LogP contribution < -0.4 is 11.1 Å². The summed E-state index contributed by atoms with van der Waals surface area (Å²) in [5, 5.41) is 2.87. The van der Waals surface area contributed by atoms with E-state index in [9.17, 15) is 27.2 Å². The highest BCUT2D eigenvalue weighted by Gasteiger charge is 2.33. The Morgan fingerprint density at radius 2 is 1.84 bits per heavy atom. The lowest BCUT2D eigenvalue weighted by Gasteiger charge is -2.11. The molecule has 0 spiro atoms. The number of nitrogens with zero attached hydrogens (tertiary/aromatic N) is 4. The van der Waals surface area contributed by atoms with E-state index in [2.05, 4.69) is 20.4 Å². The molecule has 4 aromatic heterocycles. The predicted molar refractivity (Wildman–Crippen MR) is 134 cm³/mol. The second kappa shape index (κ2) is 9.33. The first-order valence-electron chi connectivity index (χ1n) is 10.8. The highest BCUT2D eigenvalue weighted by Crippen LogP contribution is 2.42. The molecule has 3 N–H and O–H groups in total. The van der Waals surface area contributed by atoms with Gasteiger partial charge in [0.05, 0.1) is 5.69 Å². The maximum Gasteiger partial charge on any atom is 0.364 e. The zero-order chi connectivity index (χ0) is 27.4. The van der Waals surface area contributed by atoms with Gasteiger partial charge in [-0.1, -0.05) is 30.3 Å². The second-order valence-electron chi connectivity index (χ2n) is 8.15. The number of hydrogen-bond acceptors (Lipinski definition) is 6. The molecule has 14 heteroatoms. The van der Waals surface area contributed by atoms with Gasteiger partial charge in [-0.3, -0.25) is 9.59 Å². The van der Waals surface area contributed by atoms with E-state index in [1.54, 1.807) is 30.3 Å². The van der Waals surface area contributed by atoms with Gasteiger partial charge in [0.15, 0.2) is 11.3 Å². The smallest absolute Gasteiger partial charge is 0.364 e. The van der Waals surface area contributed by atoms with Crippen LogP contribution in [0.5, 0.6) is 0 Å². The van der Waals surface area contributed by atoms with E-state index in [-0.39, 0.29) is 43.4 Å². The summed E-state index contributed by atoms with van der Waals surface area (Å²) in [5.41, 5.74) is 4.88. The molecule has 0 aliphatic carbocycles. The molecule has 0 radical (unpaired) electrons. The van der Waals surface area contributed by atoms with Gasteiger partial charge >= 0.3 is 5.38 Å². The molecule has 0 aliphatic rings. The third-order valence-corrected chi connectivity index (χ3v) is 6.82. The number of nitrogens with one attached hydrogen (secondary N) is 1. The Kier molecular flexibility index (Phi) is 6.27. The molecule has 0 saturated heterocycles. The molecule has 1 aromatic carbocycles. The Morgan fingerprint density at radius 1 is 1.13 bits per heavy atom. The molecule has 0 fully saturated rings. The summed E-state index contributed by atoms with van der Waals surface area (Å²) in [6.07, 6.45) is -2.90. The van der Waals surface area contributed by atoms with Crippen LogP contribution in [-0.4, -0.2) is 31.4 Å². The van der Waals surface area contributed by atoms with Crippen molar-refractivity contribution in [2.75, 3.05) is 5.32 Å². The second-order valence-corrected chi connectivity index (χ2v) is 9.62. The van der Waals surface area contributed by atoms with Crippen molar-refractivity contribution in [3.8, 4) is 11.1 Å². The molecular weight excluding hydrogens is 548 g/mol. The maximum atomic E-state index is 14.0. The van der Waals surface area contributed by atoms with Gasteiger partial charge in [0, 0.05) is 17.1 Å². The third-order valence-electron chi connectivity index (χ3n) is 5.53. The fourth-order valence-corrected chi connectivity index (χ4v) is 5.11. The number of alkyl halides is 5. The number of carbonyl (C=O) groups excluding carboxylic acids is 2. The number of nitrogens with two attached hydrogens (primary N) is 1. The number of aryl methyl sites for hydroxylation is 1. The largest absolute Gasteiger partial charge is 0.365 e. The van der Waals surface area contributed by atoms with E-state index in [4.69, 9.17) is 17.3 Å². The van der Waals surface area contributed by atoms with Gasteiger partial charge < -0.3 is 11.1 Å². The van der Waals surface area contributed by atoms with Gasteiger partial charge in [0.2, 0.25) is 0 Å².